The quantitative estimate of drug-likeness (QED) is 0.342. The van der Waals surface area contributed by atoms with Crippen molar-refractivity contribution in [1.29, 1.82) is 0 Å². The second kappa shape index (κ2) is 13.1. The first-order valence-corrected chi connectivity index (χ1v) is 9.59. The molecule has 0 atom stereocenters. The zero-order chi connectivity index (χ0) is 17.6. The Morgan fingerprint density at radius 3 is 2.46 bits per heavy atom. The minimum Gasteiger partial charge on any atom is -0.379 e. The molecule has 2 N–H and O–H groups in total. The van der Waals surface area contributed by atoms with Gasteiger partial charge >= 0.3 is 0 Å². The zero-order valence-electron chi connectivity index (χ0n) is 15.5. The van der Waals surface area contributed by atoms with Crippen molar-refractivity contribution < 1.29 is 9.47 Å². The number of thiazole rings is 1. The number of unbranched alkanes of at least 4 members (excludes halogenated alkanes) is 1. The van der Waals surface area contributed by atoms with Gasteiger partial charge in [0.25, 0.3) is 0 Å². The molecule has 0 saturated carbocycles. The largest absolute Gasteiger partial charge is 0.379 e. The maximum absolute atomic E-state index is 5.54. The van der Waals surface area contributed by atoms with E-state index in [-0.39, 0.29) is 0 Å². The van der Waals surface area contributed by atoms with Gasteiger partial charge in [0.15, 0.2) is 5.96 Å². The van der Waals surface area contributed by atoms with Crippen LogP contribution in [0.5, 0.6) is 0 Å². The molecule has 6 nitrogen and oxygen atoms in total. The molecule has 1 heterocycles. The van der Waals surface area contributed by atoms with E-state index in [0.717, 1.165) is 49.2 Å². The first-order valence-electron chi connectivity index (χ1n) is 8.77. The summed E-state index contributed by atoms with van der Waals surface area (Å²) in [5.74, 6) is 0.797. The molecule has 0 aliphatic heterocycles. The molecule has 1 aromatic heterocycles. The molecule has 0 saturated heterocycles. The normalized spacial score (nSPS) is 11.8. The SMILES string of the molecule is CCCCOCCOCCNC(=NCc1nc(C)c(C)s1)NCC. The highest BCUT2D eigenvalue weighted by atomic mass is 32.1. The first kappa shape index (κ1) is 20.9. The number of hydrogen-bond donors (Lipinski definition) is 2. The monoisotopic (exact) mass is 356 g/mol. The van der Waals surface area contributed by atoms with Crippen molar-refractivity contribution in [2.75, 3.05) is 39.5 Å². The fraction of sp³-hybridized carbons (Fsp3) is 0.765. The molecule has 24 heavy (non-hydrogen) atoms. The molecular weight excluding hydrogens is 324 g/mol. The molecule has 138 valence electrons. The fourth-order valence-electron chi connectivity index (χ4n) is 1.91. The zero-order valence-corrected chi connectivity index (χ0v) is 16.3. The highest BCUT2D eigenvalue weighted by Crippen LogP contribution is 2.16. The Bertz CT molecular complexity index is 458. The van der Waals surface area contributed by atoms with Crippen molar-refractivity contribution >= 4 is 17.3 Å². The van der Waals surface area contributed by atoms with Crippen molar-refractivity contribution in [2.24, 2.45) is 4.99 Å². The summed E-state index contributed by atoms with van der Waals surface area (Å²) < 4.78 is 11.0. The molecule has 0 radical (unpaired) electrons. The van der Waals surface area contributed by atoms with Crippen LogP contribution in [0.15, 0.2) is 4.99 Å². The lowest BCUT2D eigenvalue weighted by Crippen LogP contribution is -2.39. The summed E-state index contributed by atoms with van der Waals surface area (Å²) in [6.45, 7) is 13.2. The molecular formula is C17H32N4O2S. The predicted octanol–water partition coefficient (Wildman–Crippen LogP) is 2.65. The van der Waals surface area contributed by atoms with Gasteiger partial charge in [-0.2, -0.15) is 0 Å². The summed E-state index contributed by atoms with van der Waals surface area (Å²) in [7, 11) is 0. The van der Waals surface area contributed by atoms with Crippen LogP contribution < -0.4 is 10.6 Å². The van der Waals surface area contributed by atoms with E-state index in [1.165, 1.54) is 4.88 Å². The Balaban J connectivity index is 2.19. The lowest BCUT2D eigenvalue weighted by Gasteiger charge is -2.11. The Kier molecular flexibility index (Phi) is 11.4. The number of aromatic nitrogens is 1. The van der Waals surface area contributed by atoms with Crippen molar-refractivity contribution in [1.82, 2.24) is 15.6 Å². The van der Waals surface area contributed by atoms with E-state index in [2.05, 4.69) is 41.4 Å². The van der Waals surface area contributed by atoms with Crippen molar-refractivity contribution in [3.05, 3.63) is 15.6 Å². The van der Waals surface area contributed by atoms with Gasteiger partial charge in [0.05, 0.1) is 32.1 Å². The standard InChI is InChI=1S/C17H32N4O2S/c1-5-7-9-22-11-12-23-10-8-19-17(18-6-2)20-13-16-21-14(3)15(4)24-16/h5-13H2,1-4H3,(H2,18,19,20). The minimum absolute atomic E-state index is 0.598. The van der Waals surface area contributed by atoms with Crippen LogP contribution in [-0.2, 0) is 16.0 Å². The van der Waals surface area contributed by atoms with E-state index in [4.69, 9.17) is 9.47 Å². The van der Waals surface area contributed by atoms with Crippen LogP contribution in [0.1, 0.15) is 42.3 Å². The summed E-state index contributed by atoms with van der Waals surface area (Å²) in [5, 5.41) is 7.55. The number of nitrogens with one attached hydrogen (secondary N) is 2. The van der Waals surface area contributed by atoms with Gasteiger partial charge < -0.3 is 20.1 Å². The minimum atomic E-state index is 0.598. The lowest BCUT2D eigenvalue weighted by molar-refractivity contribution is 0.0487. The second-order valence-electron chi connectivity index (χ2n) is 5.45. The van der Waals surface area contributed by atoms with Crippen LogP contribution in [-0.4, -0.2) is 50.5 Å². The van der Waals surface area contributed by atoms with Gasteiger partial charge in [-0.05, 0) is 27.2 Å². The van der Waals surface area contributed by atoms with Gasteiger partial charge in [-0.25, -0.2) is 9.98 Å². The molecule has 0 amide bonds. The van der Waals surface area contributed by atoms with Gasteiger partial charge in [-0.1, -0.05) is 13.3 Å². The summed E-state index contributed by atoms with van der Waals surface area (Å²) >= 11 is 1.71. The molecule has 7 heteroatoms. The highest BCUT2D eigenvalue weighted by Gasteiger charge is 2.03. The molecule has 0 aromatic carbocycles. The number of hydrogen-bond acceptors (Lipinski definition) is 5. The summed E-state index contributed by atoms with van der Waals surface area (Å²) in [5.41, 5.74) is 1.10. The van der Waals surface area contributed by atoms with Crippen molar-refractivity contribution in [3.8, 4) is 0 Å². The Morgan fingerprint density at radius 1 is 1.08 bits per heavy atom. The Morgan fingerprint density at radius 2 is 1.83 bits per heavy atom. The molecule has 0 unspecified atom stereocenters. The third-order valence-corrected chi connectivity index (χ3v) is 4.40. The van der Waals surface area contributed by atoms with Gasteiger partial charge in [0.1, 0.15) is 5.01 Å². The van der Waals surface area contributed by atoms with Crippen LogP contribution in [0.25, 0.3) is 0 Å². The Labute approximate surface area is 150 Å². The van der Waals surface area contributed by atoms with Crippen LogP contribution in [0.4, 0.5) is 0 Å². The highest BCUT2D eigenvalue weighted by molar-refractivity contribution is 7.11. The van der Waals surface area contributed by atoms with E-state index in [0.29, 0.717) is 26.4 Å². The molecule has 0 aliphatic carbocycles. The first-order chi connectivity index (χ1) is 11.7. The summed E-state index contributed by atoms with van der Waals surface area (Å²) in [6.07, 6.45) is 2.28. The molecule has 0 aliphatic rings. The fourth-order valence-corrected chi connectivity index (χ4v) is 2.76. The van der Waals surface area contributed by atoms with E-state index in [9.17, 15) is 0 Å². The average Bonchev–Trinajstić information content (AvgIpc) is 2.89. The number of ether oxygens (including phenoxy) is 2. The summed E-state index contributed by atoms with van der Waals surface area (Å²) in [6, 6.07) is 0. The third kappa shape index (κ3) is 9.20. The number of rotatable bonds is 12. The Hall–Kier alpha value is -1.18. The predicted molar refractivity (Wildman–Crippen MR) is 101 cm³/mol. The van der Waals surface area contributed by atoms with Gasteiger partial charge in [0, 0.05) is 24.6 Å². The van der Waals surface area contributed by atoms with E-state index >= 15 is 0 Å². The smallest absolute Gasteiger partial charge is 0.191 e. The summed E-state index contributed by atoms with van der Waals surface area (Å²) in [4.78, 5) is 10.3. The third-order valence-electron chi connectivity index (χ3n) is 3.34. The van der Waals surface area contributed by atoms with Gasteiger partial charge in [-0.3, -0.25) is 0 Å². The van der Waals surface area contributed by atoms with Gasteiger partial charge in [0.2, 0.25) is 0 Å². The molecule has 1 aromatic rings. The van der Waals surface area contributed by atoms with Crippen LogP contribution in [0.2, 0.25) is 0 Å². The van der Waals surface area contributed by atoms with Crippen LogP contribution >= 0.6 is 11.3 Å². The van der Waals surface area contributed by atoms with Crippen LogP contribution in [0, 0.1) is 13.8 Å². The van der Waals surface area contributed by atoms with E-state index < -0.39 is 0 Å². The molecule has 1 rings (SSSR count). The maximum Gasteiger partial charge on any atom is 0.191 e. The average molecular weight is 357 g/mol. The van der Waals surface area contributed by atoms with Crippen LogP contribution in [0.3, 0.4) is 0 Å². The number of nitrogens with zero attached hydrogens (tertiary/aromatic N) is 2. The lowest BCUT2D eigenvalue weighted by atomic mass is 10.4. The maximum atomic E-state index is 5.54. The van der Waals surface area contributed by atoms with Crippen molar-refractivity contribution in [3.63, 3.8) is 0 Å². The number of guanidine groups is 1. The number of aliphatic imine (C=N–C) groups is 1. The van der Waals surface area contributed by atoms with Crippen molar-refractivity contribution in [2.45, 2.75) is 47.1 Å². The molecule has 0 fully saturated rings. The topological polar surface area (TPSA) is 67.8 Å². The second-order valence-corrected chi connectivity index (χ2v) is 6.74. The van der Waals surface area contributed by atoms with E-state index in [1.807, 2.05) is 6.92 Å². The molecule has 0 bridgehead atoms. The van der Waals surface area contributed by atoms with E-state index in [1.54, 1.807) is 11.3 Å². The number of aryl methyl sites for hydroxylation is 2. The van der Waals surface area contributed by atoms with Gasteiger partial charge in [-0.15, -0.1) is 11.3 Å². The molecule has 0 spiro atoms.